The van der Waals surface area contributed by atoms with Crippen molar-refractivity contribution in [3.05, 3.63) is 102 Å². The van der Waals surface area contributed by atoms with Gasteiger partial charge in [-0.3, -0.25) is 9.78 Å². The molecule has 0 fully saturated rings. The van der Waals surface area contributed by atoms with Crippen molar-refractivity contribution in [2.75, 3.05) is 0 Å². The first-order valence-corrected chi connectivity index (χ1v) is 10.0. The zero-order chi connectivity index (χ0) is 21.6. The number of nitrogens with zero attached hydrogens (tertiary/aromatic N) is 4. The fourth-order valence-electron chi connectivity index (χ4n) is 3.20. The molecule has 156 valence electrons. The highest BCUT2D eigenvalue weighted by Crippen LogP contribution is 2.20. The molecule has 0 bridgehead atoms. The van der Waals surface area contributed by atoms with Crippen molar-refractivity contribution < 1.29 is 9.53 Å². The van der Waals surface area contributed by atoms with Gasteiger partial charge in [0.15, 0.2) is 5.82 Å². The van der Waals surface area contributed by atoms with Crippen LogP contribution in [0.5, 0.6) is 5.75 Å². The van der Waals surface area contributed by atoms with Gasteiger partial charge in [-0.2, -0.15) is 5.10 Å². The Morgan fingerprint density at radius 2 is 1.90 bits per heavy atom. The SMILES string of the molecule is Cc1c(C(=O)NC(C)c2ccc(OCc3cccnc3)cc2)cnn1-c1ccccn1. The van der Waals surface area contributed by atoms with Crippen molar-refractivity contribution in [3.63, 3.8) is 0 Å². The highest BCUT2D eigenvalue weighted by molar-refractivity contribution is 5.95. The van der Waals surface area contributed by atoms with Crippen molar-refractivity contribution in [1.82, 2.24) is 25.1 Å². The normalized spacial score (nSPS) is 11.7. The van der Waals surface area contributed by atoms with E-state index in [4.69, 9.17) is 4.74 Å². The predicted octanol–water partition coefficient (Wildman–Crippen LogP) is 4.04. The third-order valence-corrected chi connectivity index (χ3v) is 4.98. The van der Waals surface area contributed by atoms with E-state index >= 15 is 0 Å². The Labute approximate surface area is 180 Å². The molecule has 7 heteroatoms. The highest BCUT2D eigenvalue weighted by Gasteiger charge is 2.18. The highest BCUT2D eigenvalue weighted by atomic mass is 16.5. The molecule has 0 spiro atoms. The van der Waals surface area contributed by atoms with Crippen LogP contribution >= 0.6 is 0 Å². The van der Waals surface area contributed by atoms with Crippen molar-refractivity contribution in [3.8, 4) is 11.6 Å². The van der Waals surface area contributed by atoms with Crippen LogP contribution in [0.2, 0.25) is 0 Å². The molecule has 1 atom stereocenters. The summed E-state index contributed by atoms with van der Waals surface area (Å²) in [5.41, 5.74) is 3.25. The summed E-state index contributed by atoms with van der Waals surface area (Å²) in [5.74, 6) is 1.26. The third-order valence-electron chi connectivity index (χ3n) is 4.98. The number of pyridine rings is 2. The van der Waals surface area contributed by atoms with E-state index < -0.39 is 0 Å². The molecule has 1 N–H and O–H groups in total. The Morgan fingerprint density at radius 3 is 2.61 bits per heavy atom. The van der Waals surface area contributed by atoms with Crippen LogP contribution in [0, 0.1) is 6.92 Å². The molecule has 4 rings (SSSR count). The Hall–Kier alpha value is -4.00. The second kappa shape index (κ2) is 9.21. The van der Waals surface area contributed by atoms with Crippen LogP contribution in [0.25, 0.3) is 5.82 Å². The Bertz CT molecular complexity index is 1140. The van der Waals surface area contributed by atoms with Gasteiger partial charge in [0.1, 0.15) is 12.4 Å². The van der Waals surface area contributed by atoms with Crippen LogP contribution in [0.15, 0.2) is 79.4 Å². The molecule has 0 aliphatic carbocycles. The molecular weight excluding hydrogens is 390 g/mol. The second-order valence-corrected chi connectivity index (χ2v) is 7.16. The summed E-state index contributed by atoms with van der Waals surface area (Å²) in [5, 5.41) is 7.35. The van der Waals surface area contributed by atoms with Gasteiger partial charge < -0.3 is 10.1 Å². The molecule has 4 aromatic rings. The minimum absolute atomic E-state index is 0.169. The lowest BCUT2D eigenvalue weighted by Gasteiger charge is -2.15. The molecule has 0 aliphatic rings. The lowest BCUT2D eigenvalue weighted by atomic mass is 10.1. The fraction of sp³-hybridized carbons (Fsp3) is 0.167. The monoisotopic (exact) mass is 413 g/mol. The van der Waals surface area contributed by atoms with E-state index in [9.17, 15) is 4.79 Å². The van der Waals surface area contributed by atoms with Crippen LogP contribution in [-0.2, 0) is 6.61 Å². The molecule has 0 saturated heterocycles. The van der Waals surface area contributed by atoms with Gasteiger partial charge >= 0.3 is 0 Å². The van der Waals surface area contributed by atoms with Crippen molar-refractivity contribution in [2.45, 2.75) is 26.5 Å². The minimum atomic E-state index is -0.177. The number of hydrogen-bond acceptors (Lipinski definition) is 5. The van der Waals surface area contributed by atoms with Gasteiger partial charge in [0.2, 0.25) is 0 Å². The molecule has 3 aromatic heterocycles. The molecule has 1 amide bonds. The number of ether oxygens (including phenoxy) is 1. The van der Waals surface area contributed by atoms with E-state index in [1.165, 1.54) is 0 Å². The average Bonchev–Trinajstić information content (AvgIpc) is 3.20. The summed E-state index contributed by atoms with van der Waals surface area (Å²) in [6.45, 7) is 4.26. The van der Waals surface area contributed by atoms with E-state index in [0.717, 1.165) is 22.6 Å². The number of nitrogens with one attached hydrogen (secondary N) is 1. The quantitative estimate of drug-likeness (QED) is 0.494. The van der Waals surface area contributed by atoms with Gasteiger partial charge in [-0.15, -0.1) is 0 Å². The van der Waals surface area contributed by atoms with Crippen LogP contribution < -0.4 is 10.1 Å². The molecule has 1 aromatic carbocycles. The van der Waals surface area contributed by atoms with Gasteiger partial charge in [-0.1, -0.05) is 24.3 Å². The third kappa shape index (κ3) is 4.78. The first-order valence-electron chi connectivity index (χ1n) is 10.0. The van der Waals surface area contributed by atoms with E-state index in [1.54, 1.807) is 29.5 Å². The molecular formula is C24H23N5O2. The van der Waals surface area contributed by atoms with Gasteiger partial charge in [0.05, 0.1) is 23.5 Å². The van der Waals surface area contributed by atoms with Crippen LogP contribution in [0.3, 0.4) is 0 Å². The number of carbonyl (C=O) groups excluding carboxylic acids is 1. The first kappa shape index (κ1) is 20.3. The summed E-state index contributed by atoms with van der Waals surface area (Å²) < 4.78 is 7.45. The molecule has 0 radical (unpaired) electrons. The fourth-order valence-corrected chi connectivity index (χ4v) is 3.20. The maximum absolute atomic E-state index is 12.8. The summed E-state index contributed by atoms with van der Waals surface area (Å²) >= 11 is 0. The molecule has 0 aliphatic heterocycles. The van der Waals surface area contributed by atoms with Crippen LogP contribution in [-0.4, -0.2) is 25.7 Å². The van der Waals surface area contributed by atoms with E-state index in [-0.39, 0.29) is 11.9 Å². The van der Waals surface area contributed by atoms with Crippen LogP contribution in [0.1, 0.15) is 40.1 Å². The lowest BCUT2D eigenvalue weighted by Crippen LogP contribution is -2.27. The zero-order valence-corrected chi connectivity index (χ0v) is 17.4. The number of benzene rings is 1. The summed E-state index contributed by atoms with van der Waals surface area (Å²) in [6, 6.07) is 17.0. The van der Waals surface area contributed by atoms with E-state index in [0.29, 0.717) is 18.0 Å². The number of amides is 1. The van der Waals surface area contributed by atoms with Crippen molar-refractivity contribution in [1.29, 1.82) is 0 Å². The molecule has 7 nitrogen and oxygen atoms in total. The second-order valence-electron chi connectivity index (χ2n) is 7.16. The summed E-state index contributed by atoms with van der Waals surface area (Å²) in [6.07, 6.45) is 6.78. The number of aromatic nitrogens is 4. The molecule has 31 heavy (non-hydrogen) atoms. The Morgan fingerprint density at radius 1 is 1.06 bits per heavy atom. The molecule has 3 heterocycles. The van der Waals surface area contributed by atoms with E-state index in [2.05, 4.69) is 20.4 Å². The number of rotatable bonds is 7. The van der Waals surface area contributed by atoms with Crippen LogP contribution in [0.4, 0.5) is 0 Å². The Balaban J connectivity index is 1.38. The topological polar surface area (TPSA) is 81.9 Å². The maximum Gasteiger partial charge on any atom is 0.255 e. The summed E-state index contributed by atoms with van der Waals surface area (Å²) in [7, 11) is 0. The predicted molar refractivity (Wildman–Crippen MR) is 117 cm³/mol. The first-order chi connectivity index (χ1) is 15.1. The maximum atomic E-state index is 12.8. The Kier molecular flexibility index (Phi) is 6.03. The standard InChI is InChI=1S/C24H23N5O2/c1-17(20-8-10-21(11-9-20)31-16-19-6-5-12-25-14-19)28-24(30)22-15-27-29(18(22)2)23-7-3-4-13-26-23/h3-15,17H,16H2,1-2H3,(H,28,30). The molecule has 0 saturated carbocycles. The summed E-state index contributed by atoms with van der Waals surface area (Å²) in [4.78, 5) is 21.2. The zero-order valence-electron chi connectivity index (χ0n) is 17.4. The van der Waals surface area contributed by atoms with Gasteiger partial charge in [0.25, 0.3) is 5.91 Å². The van der Waals surface area contributed by atoms with Gasteiger partial charge in [-0.05, 0) is 49.7 Å². The van der Waals surface area contributed by atoms with Gasteiger partial charge in [-0.25, -0.2) is 9.67 Å². The number of hydrogen-bond donors (Lipinski definition) is 1. The lowest BCUT2D eigenvalue weighted by molar-refractivity contribution is 0.0939. The van der Waals surface area contributed by atoms with Crippen molar-refractivity contribution in [2.24, 2.45) is 0 Å². The molecule has 1 unspecified atom stereocenters. The van der Waals surface area contributed by atoms with Gasteiger partial charge in [0, 0.05) is 24.2 Å². The smallest absolute Gasteiger partial charge is 0.255 e. The van der Waals surface area contributed by atoms with Crippen molar-refractivity contribution >= 4 is 5.91 Å². The average molecular weight is 413 g/mol. The largest absolute Gasteiger partial charge is 0.489 e. The van der Waals surface area contributed by atoms with E-state index in [1.807, 2.05) is 68.4 Å². The number of carbonyl (C=O) groups is 1. The minimum Gasteiger partial charge on any atom is -0.489 e.